The summed E-state index contributed by atoms with van der Waals surface area (Å²) in [5, 5.41) is 36.8. The zero-order valence-electron chi connectivity index (χ0n) is 9.59. The lowest BCUT2D eigenvalue weighted by Gasteiger charge is -2.19. The lowest BCUT2D eigenvalue weighted by Crippen LogP contribution is -2.41. The lowest BCUT2D eigenvalue weighted by atomic mass is 10.1. The fourth-order valence-corrected chi connectivity index (χ4v) is 0.798. The largest absolute Gasteiger partial charge is 0.473 e. The van der Waals surface area contributed by atoms with Crippen LogP contribution < -0.4 is 10.6 Å². The Labute approximate surface area is 104 Å². The van der Waals surface area contributed by atoms with Crippen LogP contribution >= 0.6 is 0 Å². The Hall–Kier alpha value is -2.16. The fraction of sp³-hybridized carbons (Fsp3) is 0.600. The molecule has 18 heavy (non-hydrogen) atoms. The molecule has 2 atom stereocenters. The maximum atomic E-state index is 9.10. The van der Waals surface area contributed by atoms with E-state index in [2.05, 4.69) is 22.8 Å². The van der Waals surface area contributed by atoms with Gasteiger partial charge in [-0.1, -0.05) is 0 Å². The Balaban J connectivity index is 0.000000241. The molecule has 0 saturated carbocycles. The molecular formula is C10H14N4O4. The standard InChI is InChI=1S/2C4H6N2.C2H2O4/c2*5-3-4-1-2-6-4;3-1(4)2(5)6/h2*4,6H,1-2H2;(H,3,4)(H,5,6)/t2*4-;/m00./s1. The molecule has 0 aliphatic carbocycles. The van der Waals surface area contributed by atoms with Crippen LogP contribution in [-0.2, 0) is 9.59 Å². The van der Waals surface area contributed by atoms with E-state index in [1.54, 1.807) is 0 Å². The first kappa shape index (κ1) is 15.8. The van der Waals surface area contributed by atoms with Gasteiger partial charge in [-0.05, 0) is 25.9 Å². The van der Waals surface area contributed by atoms with E-state index in [1.165, 1.54) is 0 Å². The second-order valence-electron chi connectivity index (χ2n) is 3.46. The smallest absolute Gasteiger partial charge is 0.414 e. The van der Waals surface area contributed by atoms with E-state index < -0.39 is 11.9 Å². The summed E-state index contributed by atoms with van der Waals surface area (Å²) in [6, 6.07) is 4.52. The Kier molecular flexibility index (Phi) is 7.86. The first-order chi connectivity index (χ1) is 8.51. The quantitative estimate of drug-likeness (QED) is 0.398. The number of carboxylic acids is 2. The minimum absolute atomic E-state index is 0.171. The monoisotopic (exact) mass is 254 g/mol. The van der Waals surface area contributed by atoms with Gasteiger partial charge in [0.1, 0.15) is 0 Å². The molecule has 2 heterocycles. The van der Waals surface area contributed by atoms with Crippen molar-refractivity contribution in [1.82, 2.24) is 10.6 Å². The molecule has 2 aliphatic rings. The predicted octanol–water partition coefficient (Wildman–Crippen LogP) is -1.10. The highest BCUT2D eigenvalue weighted by molar-refractivity contribution is 6.27. The van der Waals surface area contributed by atoms with E-state index in [0.717, 1.165) is 25.9 Å². The summed E-state index contributed by atoms with van der Waals surface area (Å²) in [5.41, 5.74) is 0. The van der Waals surface area contributed by atoms with E-state index in [-0.39, 0.29) is 12.1 Å². The van der Waals surface area contributed by atoms with Gasteiger partial charge in [-0.15, -0.1) is 0 Å². The van der Waals surface area contributed by atoms with Gasteiger partial charge in [-0.25, -0.2) is 9.59 Å². The highest BCUT2D eigenvalue weighted by Gasteiger charge is 2.13. The highest BCUT2D eigenvalue weighted by Crippen LogP contribution is 1.97. The van der Waals surface area contributed by atoms with Gasteiger partial charge in [0.2, 0.25) is 0 Å². The molecule has 2 rings (SSSR count). The first-order valence-electron chi connectivity index (χ1n) is 5.23. The summed E-state index contributed by atoms with van der Waals surface area (Å²) < 4.78 is 0. The molecule has 0 spiro atoms. The maximum absolute atomic E-state index is 9.10. The molecule has 0 unspecified atom stereocenters. The van der Waals surface area contributed by atoms with Crippen molar-refractivity contribution in [3.63, 3.8) is 0 Å². The molecule has 0 bridgehead atoms. The number of nitrogens with one attached hydrogen (secondary N) is 2. The van der Waals surface area contributed by atoms with Crippen LogP contribution in [0.2, 0.25) is 0 Å². The molecule has 4 N–H and O–H groups in total. The number of nitriles is 2. The van der Waals surface area contributed by atoms with Crippen LogP contribution in [0.5, 0.6) is 0 Å². The van der Waals surface area contributed by atoms with Gasteiger partial charge in [0.05, 0.1) is 24.2 Å². The van der Waals surface area contributed by atoms with Crippen molar-refractivity contribution in [2.75, 3.05) is 13.1 Å². The van der Waals surface area contributed by atoms with E-state index in [0.29, 0.717) is 0 Å². The summed E-state index contributed by atoms with van der Waals surface area (Å²) >= 11 is 0. The summed E-state index contributed by atoms with van der Waals surface area (Å²) in [7, 11) is 0. The molecule has 0 amide bonds. The zero-order chi connectivity index (χ0) is 14.0. The minimum atomic E-state index is -1.82. The maximum Gasteiger partial charge on any atom is 0.414 e. The molecule has 8 nitrogen and oxygen atoms in total. The molecular weight excluding hydrogens is 240 g/mol. The van der Waals surface area contributed by atoms with Gasteiger partial charge in [-0.2, -0.15) is 10.5 Å². The van der Waals surface area contributed by atoms with Crippen LogP contribution in [0.15, 0.2) is 0 Å². The Bertz CT molecular complexity index is 327. The molecule has 0 aromatic carbocycles. The number of carbonyl (C=O) groups is 2. The van der Waals surface area contributed by atoms with E-state index >= 15 is 0 Å². The number of nitrogens with zero attached hydrogens (tertiary/aromatic N) is 2. The number of hydrogen-bond donors (Lipinski definition) is 4. The Morgan fingerprint density at radius 3 is 1.22 bits per heavy atom. The summed E-state index contributed by atoms with van der Waals surface area (Å²) in [4.78, 5) is 18.2. The second kappa shape index (κ2) is 8.93. The van der Waals surface area contributed by atoms with Crippen molar-refractivity contribution in [2.45, 2.75) is 24.9 Å². The van der Waals surface area contributed by atoms with Crippen LogP contribution in [0.1, 0.15) is 12.8 Å². The average Bonchev–Trinajstić information content (AvgIpc) is 2.15. The second-order valence-corrected chi connectivity index (χ2v) is 3.46. The summed E-state index contributed by atoms with van der Waals surface area (Å²) in [6.45, 7) is 2.05. The van der Waals surface area contributed by atoms with Crippen LogP contribution in [-0.4, -0.2) is 47.3 Å². The van der Waals surface area contributed by atoms with Crippen molar-refractivity contribution < 1.29 is 19.8 Å². The SMILES string of the molecule is N#C[C@@H]1CCN1.N#C[C@@H]1CCN1.O=C(O)C(=O)O. The predicted molar refractivity (Wildman–Crippen MR) is 59.3 cm³/mol. The molecule has 8 heteroatoms. The molecule has 2 fully saturated rings. The van der Waals surface area contributed by atoms with E-state index in [9.17, 15) is 0 Å². The molecule has 98 valence electrons. The van der Waals surface area contributed by atoms with Gasteiger partial charge in [-0.3, -0.25) is 0 Å². The minimum Gasteiger partial charge on any atom is -0.473 e. The lowest BCUT2D eigenvalue weighted by molar-refractivity contribution is -0.159. The van der Waals surface area contributed by atoms with E-state index in [1.807, 2.05) is 0 Å². The van der Waals surface area contributed by atoms with Gasteiger partial charge in [0, 0.05) is 0 Å². The molecule has 0 aromatic rings. The van der Waals surface area contributed by atoms with Crippen molar-refractivity contribution in [2.24, 2.45) is 0 Å². The summed E-state index contributed by atoms with van der Waals surface area (Å²) in [6.07, 6.45) is 2.08. The molecule has 2 saturated heterocycles. The van der Waals surface area contributed by atoms with Crippen molar-refractivity contribution in [1.29, 1.82) is 10.5 Å². The van der Waals surface area contributed by atoms with Crippen molar-refractivity contribution in [3.8, 4) is 12.1 Å². The average molecular weight is 254 g/mol. The topological polar surface area (TPSA) is 146 Å². The van der Waals surface area contributed by atoms with Crippen LogP contribution in [0, 0.1) is 22.7 Å². The first-order valence-corrected chi connectivity index (χ1v) is 5.23. The fourth-order valence-electron chi connectivity index (χ4n) is 0.798. The number of aliphatic carboxylic acids is 2. The van der Waals surface area contributed by atoms with Crippen molar-refractivity contribution in [3.05, 3.63) is 0 Å². The van der Waals surface area contributed by atoms with Crippen LogP contribution in [0.3, 0.4) is 0 Å². The van der Waals surface area contributed by atoms with Gasteiger partial charge >= 0.3 is 11.9 Å². The van der Waals surface area contributed by atoms with Crippen LogP contribution in [0.4, 0.5) is 0 Å². The Morgan fingerprint density at radius 1 is 0.944 bits per heavy atom. The number of hydrogen-bond acceptors (Lipinski definition) is 6. The third-order valence-corrected chi connectivity index (χ3v) is 2.14. The third kappa shape index (κ3) is 7.17. The molecule has 2 aliphatic heterocycles. The number of rotatable bonds is 0. The normalized spacial score (nSPS) is 23.0. The zero-order valence-corrected chi connectivity index (χ0v) is 9.59. The highest BCUT2D eigenvalue weighted by atomic mass is 16.4. The molecule has 0 radical (unpaired) electrons. The van der Waals surface area contributed by atoms with Gasteiger partial charge in [0.15, 0.2) is 0 Å². The van der Waals surface area contributed by atoms with Gasteiger partial charge < -0.3 is 20.8 Å². The number of carboxylic acid groups (broad SMARTS) is 2. The van der Waals surface area contributed by atoms with Gasteiger partial charge in [0.25, 0.3) is 0 Å². The Morgan fingerprint density at radius 2 is 1.22 bits per heavy atom. The third-order valence-electron chi connectivity index (χ3n) is 2.14. The molecule has 0 aromatic heterocycles. The van der Waals surface area contributed by atoms with Crippen LogP contribution in [0.25, 0.3) is 0 Å². The van der Waals surface area contributed by atoms with E-state index in [4.69, 9.17) is 30.3 Å². The van der Waals surface area contributed by atoms with Crippen molar-refractivity contribution >= 4 is 11.9 Å². The summed E-state index contributed by atoms with van der Waals surface area (Å²) in [5.74, 6) is -3.65.